The van der Waals surface area contributed by atoms with Gasteiger partial charge in [-0.25, -0.2) is 8.42 Å². The van der Waals surface area contributed by atoms with Crippen molar-refractivity contribution >= 4 is 21.4 Å². The lowest BCUT2D eigenvalue weighted by Crippen LogP contribution is -2.40. The molecule has 0 unspecified atom stereocenters. The second-order valence-corrected chi connectivity index (χ2v) is 7.18. The maximum absolute atomic E-state index is 12.5. The van der Waals surface area contributed by atoms with E-state index in [9.17, 15) is 23.3 Å². The summed E-state index contributed by atoms with van der Waals surface area (Å²) >= 11 is 0. The molecule has 1 fully saturated rings. The molecule has 2 rings (SSSR count). The van der Waals surface area contributed by atoms with Crippen molar-refractivity contribution in [3.8, 4) is 0 Å². The number of amides is 1. The molecule has 1 saturated heterocycles. The second kappa shape index (κ2) is 5.80. The largest absolute Gasteiger partial charge is 0.335 e. The number of hydrogen-bond acceptors (Lipinski definition) is 5. The van der Waals surface area contributed by atoms with Crippen molar-refractivity contribution in [2.45, 2.75) is 19.4 Å². The zero-order chi connectivity index (χ0) is 15.6. The molecule has 0 aliphatic carbocycles. The molecule has 1 aromatic rings. The van der Waals surface area contributed by atoms with Crippen molar-refractivity contribution < 1.29 is 18.1 Å². The molecule has 21 heavy (non-hydrogen) atoms. The Kier molecular flexibility index (Phi) is 4.26. The quantitative estimate of drug-likeness (QED) is 0.615. The number of nitrogens with zero attached hydrogens (tertiary/aromatic N) is 2. The number of carbonyl (C=O) groups is 1. The molecule has 7 nitrogen and oxygen atoms in total. The molecule has 0 aromatic heterocycles. The van der Waals surface area contributed by atoms with E-state index in [1.54, 1.807) is 6.92 Å². The first kappa shape index (κ1) is 15.4. The van der Waals surface area contributed by atoms with E-state index in [0.717, 1.165) is 0 Å². The average Bonchev–Trinajstić information content (AvgIpc) is 2.79. The van der Waals surface area contributed by atoms with Gasteiger partial charge in [0.05, 0.1) is 16.4 Å². The molecular formula is C13H16N2O5S. The zero-order valence-electron chi connectivity index (χ0n) is 11.6. The van der Waals surface area contributed by atoms with Gasteiger partial charge in [0.1, 0.15) is 0 Å². The first-order valence-electron chi connectivity index (χ1n) is 6.60. The fourth-order valence-electron chi connectivity index (χ4n) is 2.51. The minimum atomic E-state index is -3.09. The summed E-state index contributed by atoms with van der Waals surface area (Å²) in [6.45, 7) is 2.13. The molecule has 0 radical (unpaired) electrons. The molecule has 1 atom stereocenters. The van der Waals surface area contributed by atoms with Crippen molar-refractivity contribution in [1.82, 2.24) is 4.90 Å². The van der Waals surface area contributed by atoms with E-state index >= 15 is 0 Å². The number of nitro benzene ring substituents is 1. The van der Waals surface area contributed by atoms with Crippen LogP contribution in [0.15, 0.2) is 24.3 Å². The maximum atomic E-state index is 12.5. The molecule has 1 aromatic carbocycles. The van der Waals surface area contributed by atoms with Gasteiger partial charge in [0.25, 0.3) is 11.6 Å². The van der Waals surface area contributed by atoms with Gasteiger partial charge in [-0.2, -0.15) is 0 Å². The molecule has 114 valence electrons. The van der Waals surface area contributed by atoms with Crippen LogP contribution in [-0.4, -0.2) is 48.2 Å². The summed E-state index contributed by atoms with van der Waals surface area (Å²) in [6, 6.07) is 5.12. The fraction of sp³-hybridized carbons (Fsp3) is 0.462. The molecule has 1 aliphatic heterocycles. The van der Waals surface area contributed by atoms with E-state index in [2.05, 4.69) is 0 Å². The topological polar surface area (TPSA) is 97.6 Å². The molecule has 8 heteroatoms. The SMILES string of the molecule is CCN(C(=O)c1cccc([N+](=O)[O-])c1)[C@H]1CCS(=O)(=O)C1. The monoisotopic (exact) mass is 312 g/mol. The van der Waals surface area contributed by atoms with E-state index in [-0.39, 0.29) is 34.7 Å². The molecular weight excluding hydrogens is 296 g/mol. The van der Waals surface area contributed by atoms with E-state index < -0.39 is 14.8 Å². The number of sulfone groups is 1. The van der Waals surface area contributed by atoms with Crippen LogP contribution in [0.3, 0.4) is 0 Å². The molecule has 1 aliphatic rings. The lowest BCUT2D eigenvalue weighted by molar-refractivity contribution is -0.384. The first-order chi connectivity index (χ1) is 9.84. The van der Waals surface area contributed by atoms with Crippen molar-refractivity contribution in [3.63, 3.8) is 0 Å². The highest BCUT2D eigenvalue weighted by atomic mass is 32.2. The molecule has 1 amide bonds. The van der Waals surface area contributed by atoms with Crippen molar-refractivity contribution in [1.29, 1.82) is 0 Å². The van der Waals surface area contributed by atoms with Gasteiger partial charge in [0.2, 0.25) is 0 Å². The molecule has 0 N–H and O–H groups in total. The van der Waals surface area contributed by atoms with Crippen LogP contribution in [0, 0.1) is 10.1 Å². The van der Waals surface area contributed by atoms with Gasteiger partial charge < -0.3 is 4.90 Å². The lowest BCUT2D eigenvalue weighted by Gasteiger charge is -2.26. The zero-order valence-corrected chi connectivity index (χ0v) is 12.4. The summed E-state index contributed by atoms with van der Waals surface area (Å²) in [5, 5.41) is 10.8. The van der Waals surface area contributed by atoms with Gasteiger partial charge in [-0.05, 0) is 19.4 Å². The predicted octanol–water partition coefficient (Wildman–Crippen LogP) is 1.24. The van der Waals surface area contributed by atoms with Crippen LogP contribution in [0.1, 0.15) is 23.7 Å². The van der Waals surface area contributed by atoms with Crippen LogP contribution in [0.5, 0.6) is 0 Å². The Morgan fingerprint density at radius 2 is 2.19 bits per heavy atom. The summed E-state index contributed by atoms with van der Waals surface area (Å²) in [5.41, 5.74) is 0.0475. The Bertz CT molecular complexity index is 671. The third-order valence-corrected chi connectivity index (χ3v) is 5.30. The summed E-state index contributed by atoms with van der Waals surface area (Å²) in [6.07, 6.45) is 0.414. The van der Waals surface area contributed by atoms with Crippen LogP contribution in [0.2, 0.25) is 0 Å². The number of benzene rings is 1. The smallest absolute Gasteiger partial charge is 0.270 e. The van der Waals surface area contributed by atoms with Gasteiger partial charge >= 0.3 is 0 Å². The third-order valence-electron chi connectivity index (χ3n) is 3.55. The van der Waals surface area contributed by atoms with E-state index in [0.29, 0.717) is 13.0 Å². The van der Waals surface area contributed by atoms with Crippen molar-refractivity contribution in [2.75, 3.05) is 18.1 Å². The standard InChI is InChI=1S/C13H16N2O5S/c1-2-14(12-6-7-21(19,20)9-12)13(16)10-4-3-5-11(8-10)15(17)18/h3-5,8,12H,2,6-7,9H2,1H3/t12-/m0/s1. The number of non-ortho nitro benzene ring substituents is 1. The predicted molar refractivity (Wildman–Crippen MR) is 76.9 cm³/mol. The normalized spacial score (nSPS) is 20.1. The number of rotatable bonds is 4. The first-order valence-corrected chi connectivity index (χ1v) is 8.42. The van der Waals surface area contributed by atoms with Crippen LogP contribution < -0.4 is 0 Å². The van der Waals surface area contributed by atoms with Gasteiger partial charge in [-0.1, -0.05) is 6.07 Å². The van der Waals surface area contributed by atoms with Crippen molar-refractivity contribution in [3.05, 3.63) is 39.9 Å². The minimum Gasteiger partial charge on any atom is -0.335 e. The van der Waals surface area contributed by atoms with E-state index in [1.807, 2.05) is 0 Å². The summed E-state index contributed by atoms with van der Waals surface area (Å²) in [4.78, 5) is 24.1. The molecule has 0 spiro atoms. The van der Waals surface area contributed by atoms with Gasteiger partial charge in [0, 0.05) is 30.3 Å². The van der Waals surface area contributed by atoms with Crippen LogP contribution in [0.4, 0.5) is 5.69 Å². The Morgan fingerprint density at radius 3 is 2.71 bits per heavy atom. The Morgan fingerprint density at radius 1 is 1.48 bits per heavy atom. The highest BCUT2D eigenvalue weighted by Crippen LogP contribution is 2.21. The summed E-state index contributed by atoms with van der Waals surface area (Å²) in [7, 11) is -3.09. The van der Waals surface area contributed by atoms with Gasteiger partial charge in [0.15, 0.2) is 9.84 Å². The lowest BCUT2D eigenvalue weighted by atomic mass is 10.1. The highest BCUT2D eigenvalue weighted by molar-refractivity contribution is 7.91. The average molecular weight is 312 g/mol. The Balaban J connectivity index is 2.25. The third kappa shape index (κ3) is 3.38. The Labute approximate surface area is 122 Å². The van der Waals surface area contributed by atoms with E-state index in [1.165, 1.54) is 29.2 Å². The highest BCUT2D eigenvalue weighted by Gasteiger charge is 2.34. The molecule has 0 saturated carbocycles. The number of carbonyl (C=O) groups excluding carboxylic acids is 1. The Hall–Kier alpha value is -1.96. The van der Waals surface area contributed by atoms with Crippen LogP contribution in [0.25, 0.3) is 0 Å². The fourth-order valence-corrected chi connectivity index (χ4v) is 4.24. The van der Waals surface area contributed by atoms with Crippen molar-refractivity contribution in [2.24, 2.45) is 0 Å². The summed E-state index contributed by atoms with van der Waals surface area (Å²) in [5.74, 6) is -0.332. The van der Waals surface area contributed by atoms with Crippen LogP contribution in [-0.2, 0) is 9.84 Å². The number of nitro groups is 1. The summed E-state index contributed by atoms with van der Waals surface area (Å²) < 4.78 is 23.1. The van der Waals surface area contributed by atoms with Gasteiger partial charge in [-0.15, -0.1) is 0 Å². The van der Waals surface area contributed by atoms with Gasteiger partial charge in [-0.3, -0.25) is 14.9 Å². The minimum absolute atomic E-state index is 0.0402. The van der Waals surface area contributed by atoms with Crippen LogP contribution >= 0.6 is 0 Å². The second-order valence-electron chi connectivity index (χ2n) is 4.96. The molecule has 1 heterocycles. The maximum Gasteiger partial charge on any atom is 0.270 e. The molecule has 0 bridgehead atoms. The number of hydrogen-bond donors (Lipinski definition) is 0. The van der Waals surface area contributed by atoms with E-state index in [4.69, 9.17) is 0 Å².